The molecular weight excluding hydrogens is 340 g/mol. The van der Waals surface area contributed by atoms with E-state index in [9.17, 15) is 9.59 Å². The number of para-hydroxylation sites is 3. The minimum Gasteiger partial charge on any atom is -0.455 e. The number of carbonyl (C=O) groups excluding carboxylic acids is 2. The van der Waals surface area contributed by atoms with Gasteiger partial charge in [-0.15, -0.1) is 0 Å². The van der Waals surface area contributed by atoms with Gasteiger partial charge in [-0.05, 0) is 37.1 Å². The molecule has 142 valence electrons. The largest absolute Gasteiger partial charge is 0.455 e. The van der Waals surface area contributed by atoms with E-state index in [0.29, 0.717) is 30.2 Å². The number of rotatable bonds is 9. The van der Waals surface area contributed by atoms with Crippen LogP contribution in [0.1, 0.15) is 32.6 Å². The number of ether oxygens (including phenoxy) is 1. The number of amides is 2. The second-order valence-electron chi connectivity index (χ2n) is 6.85. The lowest BCUT2D eigenvalue weighted by Crippen LogP contribution is -2.28. The van der Waals surface area contributed by atoms with Crippen molar-refractivity contribution in [3.63, 3.8) is 0 Å². The number of hydrogen-bond donors (Lipinski definition) is 2. The molecule has 3 rings (SSSR count). The minimum atomic E-state index is -0.263. The second-order valence-corrected chi connectivity index (χ2v) is 6.85. The fourth-order valence-electron chi connectivity index (χ4n) is 2.99. The molecule has 2 aromatic carbocycles. The van der Waals surface area contributed by atoms with Crippen molar-refractivity contribution in [2.75, 3.05) is 11.9 Å². The summed E-state index contributed by atoms with van der Waals surface area (Å²) in [6.45, 7) is 2.81. The van der Waals surface area contributed by atoms with Crippen LogP contribution in [0, 0.1) is 11.8 Å². The standard InChI is InChI=1S/C22H26N2O3/c1-2-3-9-14-23-21(25)17-15-18(17)22(26)24-19-12-7-8-13-20(19)27-16-10-5-4-6-11-16/h4-8,10-13,17-18H,2-3,9,14-15H2,1H3,(H,23,25)(H,24,26). The van der Waals surface area contributed by atoms with Crippen LogP contribution in [0.2, 0.25) is 0 Å². The average Bonchev–Trinajstić information content (AvgIpc) is 3.49. The van der Waals surface area contributed by atoms with Crippen LogP contribution in [-0.2, 0) is 9.59 Å². The Morgan fingerprint density at radius 2 is 1.67 bits per heavy atom. The fourth-order valence-corrected chi connectivity index (χ4v) is 2.99. The number of unbranched alkanes of at least 4 members (excludes halogenated alkanes) is 2. The highest BCUT2D eigenvalue weighted by molar-refractivity contribution is 6.00. The Morgan fingerprint density at radius 3 is 2.44 bits per heavy atom. The number of hydrogen-bond acceptors (Lipinski definition) is 3. The van der Waals surface area contributed by atoms with E-state index < -0.39 is 0 Å². The van der Waals surface area contributed by atoms with E-state index in [0.717, 1.165) is 19.3 Å². The number of nitrogens with one attached hydrogen (secondary N) is 2. The Kier molecular flexibility index (Phi) is 6.47. The summed E-state index contributed by atoms with van der Waals surface area (Å²) in [6, 6.07) is 16.7. The topological polar surface area (TPSA) is 67.4 Å². The van der Waals surface area contributed by atoms with Crippen LogP contribution in [0.3, 0.4) is 0 Å². The maximum absolute atomic E-state index is 12.5. The lowest BCUT2D eigenvalue weighted by atomic mass is 10.2. The number of carbonyl (C=O) groups is 2. The first-order valence-corrected chi connectivity index (χ1v) is 9.59. The molecule has 0 radical (unpaired) electrons. The highest BCUT2D eigenvalue weighted by Crippen LogP contribution is 2.40. The highest BCUT2D eigenvalue weighted by Gasteiger charge is 2.48. The molecule has 2 aromatic rings. The van der Waals surface area contributed by atoms with Gasteiger partial charge in [0.1, 0.15) is 5.75 Å². The van der Waals surface area contributed by atoms with E-state index in [4.69, 9.17) is 4.74 Å². The second kappa shape index (κ2) is 9.21. The Morgan fingerprint density at radius 1 is 0.963 bits per heavy atom. The van der Waals surface area contributed by atoms with Crippen molar-refractivity contribution >= 4 is 17.5 Å². The SMILES string of the molecule is CCCCCNC(=O)C1CC1C(=O)Nc1ccccc1Oc1ccccc1. The first kappa shape index (κ1) is 19.0. The zero-order chi connectivity index (χ0) is 19.1. The third-order valence-electron chi connectivity index (χ3n) is 4.66. The van der Waals surface area contributed by atoms with Gasteiger partial charge in [0, 0.05) is 6.54 Å². The fraction of sp³-hybridized carbons (Fsp3) is 0.364. The van der Waals surface area contributed by atoms with Gasteiger partial charge < -0.3 is 15.4 Å². The third kappa shape index (κ3) is 5.33. The molecule has 0 heterocycles. The summed E-state index contributed by atoms with van der Waals surface area (Å²) in [4.78, 5) is 24.7. The van der Waals surface area contributed by atoms with Gasteiger partial charge in [-0.3, -0.25) is 9.59 Å². The molecule has 1 saturated carbocycles. The Hall–Kier alpha value is -2.82. The lowest BCUT2D eigenvalue weighted by molar-refractivity contribution is -0.125. The Balaban J connectivity index is 1.54. The predicted octanol–water partition coefficient (Wildman–Crippen LogP) is 4.36. The van der Waals surface area contributed by atoms with Crippen molar-refractivity contribution in [2.45, 2.75) is 32.6 Å². The molecule has 2 N–H and O–H groups in total. The molecule has 1 aliphatic carbocycles. The van der Waals surface area contributed by atoms with Gasteiger partial charge in [0.15, 0.2) is 5.75 Å². The molecule has 2 atom stereocenters. The van der Waals surface area contributed by atoms with Gasteiger partial charge in [-0.2, -0.15) is 0 Å². The number of benzene rings is 2. The molecule has 1 aliphatic rings. The molecule has 0 saturated heterocycles. The summed E-state index contributed by atoms with van der Waals surface area (Å²) >= 11 is 0. The molecule has 2 amide bonds. The quantitative estimate of drug-likeness (QED) is 0.648. The van der Waals surface area contributed by atoms with Crippen molar-refractivity contribution < 1.29 is 14.3 Å². The predicted molar refractivity (Wildman–Crippen MR) is 106 cm³/mol. The molecule has 0 spiro atoms. The minimum absolute atomic E-state index is 0.0138. The van der Waals surface area contributed by atoms with Crippen LogP contribution in [0.4, 0.5) is 5.69 Å². The van der Waals surface area contributed by atoms with E-state index in [1.54, 1.807) is 6.07 Å². The Labute approximate surface area is 160 Å². The summed E-state index contributed by atoms with van der Waals surface area (Å²) in [5, 5.41) is 5.84. The zero-order valence-corrected chi connectivity index (χ0v) is 15.6. The summed E-state index contributed by atoms with van der Waals surface area (Å²) < 4.78 is 5.87. The lowest BCUT2D eigenvalue weighted by Gasteiger charge is -2.12. The third-order valence-corrected chi connectivity index (χ3v) is 4.66. The van der Waals surface area contributed by atoms with E-state index in [1.807, 2.05) is 48.5 Å². The number of anilines is 1. The van der Waals surface area contributed by atoms with Crippen LogP contribution < -0.4 is 15.4 Å². The monoisotopic (exact) mass is 366 g/mol. The molecule has 5 nitrogen and oxygen atoms in total. The van der Waals surface area contributed by atoms with Gasteiger partial charge in [-0.25, -0.2) is 0 Å². The maximum Gasteiger partial charge on any atom is 0.228 e. The van der Waals surface area contributed by atoms with Crippen LogP contribution >= 0.6 is 0 Å². The van der Waals surface area contributed by atoms with Crippen molar-refractivity contribution in [3.05, 3.63) is 54.6 Å². The summed E-state index contributed by atoms with van der Waals surface area (Å²) in [5.74, 6) is 0.663. The van der Waals surface area contributed by atoms with E-state index in [-0.39, 0.29) is 23.7 Å². The highest BCUT2D eigenvalue weighted by atomic mass is 16.5. The van der Waals surface area contributed by atoms with Crippen LogP contribution in [0.15, 0.2) is 54.6 Å². The molecule has 27 heavy (non-hydrogen) atoms. The van der Waals surface area contributed by atoms with Gasteiger partial charge in [-0.1, -0.05) is 50.1 Å². The summed E-state index contributed by atoms with van der Waals surface area (Å²) in [7, 11) is 0. The molecule has 0 aliphatic heterocycles. The smallest absolute Gasteiger partial charge is 0.228 e. The van der Waals surface area contributed by atoms with Crippen molar-refractivity contribution in [1.29, 1.82) is 0 Å². The molecule has 5 heteroatoms. The zero-order valence-electron chi connectivity index (χ0n) is 15.6. The van der Waals surface area contributed by atoms with E-state index >= 15 is 0 Å². The molecule has 2 unspecified atom stereocenters. The first-order chi connectivity index (χ1) is 13.2. The Bertz CT molecular complexity index is 776. The van der Waals surface area contributed by atoms with Gasteiger partial charge >= 0.3 is 0 Å². The van der Waals surface area contributed by atoms with Crippen LogP contribution in [-0.4, -0.2) is 18.4 Å². The maximum atomic E-state index is 12.5. The average molecular weight is 366 g/mol. The van der Waals surface area contributed by atoms with Crippen molar-refractivity contribution in [3.8, 4) is 11.5 Å². The summed E-state index contributed by atoms with van der Waals surface area (Å²) in [6.07, 6.45) is 3.81. The van der Waals surface area contributed by atoms with Crippen LogP contribution in [0.25, 0.3) is 0 Å². The van der Waals surface area contributed by atoms with Crippen LogP contribution in [0.5, 0.6) is 11.5 Å². The molecular formula is C22H26N2O3. The molecule has 1 fully saturated rings. The van der Waals surface area contributed by atoms with Gasteiger partial charge in [0.2, 0.25) is 11.8 Å². The van der Waals surface area contributed by atoms with Gasteiger partial charge in [0.05, 0.1) is 17.5 Å². The molecule has 0 aromatic heterocycles. The first-order valence-electron chi connectivity index (χ1n) is 9.59. The van der Waals surface area contributed by atoms with E-state index in [2.05, 4.69) is 17.6 Å². The molecule has 0 bridgehead atoms. The summed E-state index contributed by atoms with van der Waals surface area (Å²) in [5.41, 5.74) is 0.611. The van der Waals surface area contributed by atoms with E-state index in [1.165, 1.54) is 0 Å². The van der Waals surface area contributed by atoms with Crippen molar-refractivity contribution in [1.82, 2.24) is 5.32 Å². The van der Waals surface area contributed by atoms with Gasteiger partial charge in [0.25, 0.3) is 0 Å². The van der Waals surface area contributed by atoms with Crippen molar-refractivity contribution in [2.24, 2.45) is 11.8 Å². The normalized spacial score (nSPS) is 17.8.